The molecule has 2 aromatic rings. The number of aromatic nitrogens is 2. The summed E-state index contributed by atoms with van der Waals surface area (Å²) < 4.78 is 5.75. The molecular formula is C25H35N3O2. The first kappa shape index (κ1) is 22.4. The molecule has 3 rings (SSSR count). The number of rotatable bonds is 11. The molecule has 1 aromatic carbocycles. The molecule has 1 N–H and O–H groups in total. The number of nitrogens with one attached hydrogen (secondary N) is 1. The van der Waals surface area contributed by atoms with Crippen LogP contribution in [0.25, 0.3) is 11.3 Å². The van der Waals surface area contributed by atoms with Crippen molar-refractivity contribution in [1.82, 2.24) is 9.97 Å². The van der Waals surface area contributed by atoms with Crippen molar-refractivity contribution in [2.75, 3.05) is 18.5 Å². The number of aryl methyl sites for hydroxylation is 4. The van der Waals surface area contributed by atoms with Crippen LogP contribution in [0.1, 0.15) is 79.8 Å². The van der Waals surface area contributed by atoms with Gasteiger partial charge in [0.05, 0.1) is 29.7 Å². The Balaban J connectivity index is 1.99. The number of hydrogen-bond donors (Lipinski definition) is 1. The van der Waals surface area contributed by atoms with Crippen LogP contribution in [0.15, 0.2) is 12.1 Å². The van der Waals surface area contributed by atoms with Gasteiger partial charge in [0.15, 0.2) is 6.29 Å². The second-order valence-corrected chi connectivity index (χ2v) is 8.03. The summed E-state index contributed by atoms with van der Waals surface area (Å²) in [6, 6.07) is 4.44. The lowest BCUT2D eigenvalue weighted by Gasteiger charge is -2.21. The lowest BCUT2D eigenvalue weighted by molar-refractivity contribution is 0.112. The van der Waals surface area contributed by atoms with Gasteiger partial charge in [-0.2, -0.15) is 0 Å². The van der Waals surface area contributed by atoms with Crippen LogP contribution in [0.4, 0.5) is 5.82 Å². The molecule has 0 spiro atoms. The summed E-state index contributed by atoms with van der Waals surface area (Å²) >= 11 is 0. The molecule has 0 bridgehead atoms. The van der Waals surface area contributed by atoms with Gasteiger partial charge < -0.3 is 10.1 Å². The smallest absolute Gasteiger partial charge is 0.150 e. The summed E-state index contributed by atoms with van der Waals surface area (Å²) in [6.07, 6.45) is 7.77. The van der Waals surface area contributed by atoms with Crippen LogP contribution in [0, 0.1) is 0 Å². The first-order valence-corrected chi connectivity index (χ1v) is 11.5. The number of ether oxygens (including phenoxy) is 1. The fraction of sp³-hybridized carbons (Fsp3) is 0.560. The molecule has 162 valence electrons. The summed E-state index contributed by atoms with van der Waals surface area (Å²) in [4.78, 5) is 21.9. The van der Waals surface area contributed by atoms with Gasteiger partial charge >= 0.3 is 0 Å². The number of nitrogens with zero attached hydrogens (tertiary/aromatic N) is 2. The van der Waals surface area contributed by atoms with E-state index in [2.05, 4.69) is 45.1 Å². The number of carbonyl (C=O) groups excluding carboxylic acids is 1. The van der Waals surface area contributed by atoms with Gasteiger partial charge in [-0.3, -0.25) is 4.79 Å². The Hall–Kier alpha value is -2.27. The molecule has 1 aliphatic carbocycles. The molecule has 1 atom stereocenters. The summed E-state index contributed by atoms with van der Waals surface area (Å²) in [6.45, 7) is 9.91. The summed E-state index contributed by atoms with van der Waals surface area (Å²) in [5.74, 6) is 0.846. The highest BCUT2D eigenvalue weighted by atomic mass is 16.5. The average molecular weight is 410 g/mol. The quantitative estimate of drug-likeness (QED) is 0.409. The highest BCUT2D eigenvalue weighted by Crippen LogP contribution is 2.33. The Kier molecular flexibility index (Phi) is 7.97. The number of hydrogen-bond acceptors (Lipinski definition) is 5. The van der Waals surface area contributed by atoms with Gasteiger partial charge in [0.25, 0.3) is 0 Å². The summed E-state index contributed by atoms with van der Waals surface area (Å²) in [5, 5.41) is 3.56. The molecule has 0 unspecified atom stereocenters. The minimum absolute atomic E-state index is 0.206. The zero-order valence-electron chi connectivity index (χ0n) is 18.9. The molecule has 0 saturated carbocycles. The molecule has 0 radical (unpaired) electrons. The van der Waals surface area contributed by atoms with Crippen molar-refractivity contribution in [2.24, 2.45) is 0 Å². The third-order valence-corrected chi connectivity index (χ3v) is 5.86. The van der Waals surface area contributed by atoms with Crippen LogP contribution in [0.3, 0.4) is 0 Å². The van der Waals surface area contributed by atoms with Gasteiger partial charge in [-0.25, -0.2) is 9.97 Å². The standard InChI is InChI=1S/C25H35N3O2/c1-5-12-30-16-20(6-2)26-25-23(8-4)27-24(22(7-3)28-25)21-14-18-11-9-10-17(18)13-19(21)15-29/h13-15,20H,5-12,16H2,1-4H3,(H,26,28)/t20-/m0/s1. The predicted molar refractivity (Wildman–Crippen MR) is 122 cm³/mol. The predicted octanol–water partition coefficient (Wildman–Crippen LogP) is 5.19. The molecule has 1 aromatic heterocycles. The maximum atomic E-state index is 11.9. The van der Waals surface area contributed by atoms with Crippen molar-refractivity contribution >= 4 is 12.1 Å². The molecule has 5 nitrogen and oxygen atoms in total. The normalized spacial score (nSPS) is 13.9. The van der Waals surface area contributed by atoms with Gasteiger partial charge in [0.1, 0.15) is 5.82 Å². The fourth-order valence-corrected chi connectivity index (χ4v) is 4.10. The van der Waals surface area contributed by atoms with Gasteiger partial charge in [-0.05, 0) is 68.2 Å². The van der Waals surface area contributed by atoms with Crippen LogP contribution in [-0.4, -0.2) is 35.5 Å². The number of aldehydes is 1. The first-order valence-electron chi connectivity index (χ1n) is 11.5. The maximum absolute atomic E-state index is 11.9. The van der Waals surface area contributed by atoms with E-state index in [1.165, 1.54) is 11.1 Å². The van der Waals surface area contributed by atoms with Crippen molar-refractivity contribution in [2.45, 2.75) is 78.7 Å². The van der Waals surface area contributed by atoms with Gasteiger partial charge in [-0.15, -0.1) is 0 Å². The second-order valence-electron chi connectivity index (χ2n) is 8.03. The van der Waals surface area contributed by atoms with Crippen molar-refractivity contribution in [3.63, 3.8) is 0 Å². The van der Waals surface area contributed by atoms with Crippen LogP contribution < -0.4 is 5.32 Å². The third-order valence-electron chi connectivity index (χ3n) is 5.86. The largest absolute Gasteiger partial charge is 0.379 e. The zero-order chi connectivity index (χ0) is 21.5. The van der Waals surface area contributed by atoms with Crippen molar-refractivity contribution < 1.29 is 9.53 Å². The fourth-order valence-electron chi connectivity index (χ4n) is 4.10. The Morgan fingerprint density at radius 1 is 1.07 bits per heavy atom. The van der Waals surface area contributed by atoms with Crippen molar-refractivity contribution in [3.8, 4) is 11.3 Å². The van der Waals surface area contributed by atoms with Crippen molar-refractivity contribution in [1.29, 1.82) is 0 Å². The first-order chi connectivity index (χ1) is 14.6. The van der Waals surface area contributed by atoms with E-state index >= 15 is 0 Å². The van der Waals surface area contributed by atoms with E-state index in [-0.39, 0.29) is 6.04 Å². The van der Waals surface area contributed by atoms with Crippen LogP contribution in [-0.2, 0) is 30.4 Å². The van der Waals surface area contributed by atoms with Crippen LogP contribution >= 0.6 is 0 Å². The monoisotopic (exact) mass is 409 g/mol. The molecule has 0 amide bonds. The maximum Gasteiger partial charge on any atom is 0.150 e. The lowest BCUT2D eigenvalue weighted by Crippen LogP contribution is -2.26. The second kappa shape index (κ2) is 10.7. The van der Waals surface area contributed by atoms with E-state index in [1.54, 1.807) is 0 Å². The van der Waals surface area contributed by atoms with Crippen LogP contribution in [0.5, 0.6) is 0 Å². The summed E-state index contributed by atoms with van der Waals surface area (Å²) in [7, 11) is 0. The van der Waals surface area contributed by atoms with Gasteiger partial charge in [-0.1, -0.05) is 27.7 Å². The van der Waals surface area contributed by atoms with E-state index in [0.717, 1.165) is 91.9 Å². The molecular weight excluding hydrogens is 374 g/mol. The Morgan fingerprint density at radius 2 is 1.80 bits per heavy atom. The Bertz CT molecular complexity index is 879. The van der Waals surface area contributed by atoms with E-state index < -0.39 is 0 Å². The van der Waals surface area contributed by atoms with E-state index in [0.29, 0.717) is 6.61 Å². The molecule has 0 fully saturated rings. The Morgan fingerprint density at radius 3 is 2.43 bits per heavy atom. The number of benzene rings is 1. The Labute approximate surface area is 180 Å². The summed E-state index contributed by atoms with van der Waals surface area (Å²) in [5.41, 5.74) is 7.02. The minimum atomic E-state index is 0.206. The number of carbonyl (C=O) groups is 1. The number of fused-ring (bicyclic) bond motifs is 1. The van der Waals surface area contributed by atoms with E-state index in [4.69, 9.17) is 14.7 Å². The topological polar surface area (TPSA) is 64.1 Å². The molecule has 30 heavy (non-hydrogen) atoms. The average Bonchev–Trinajstić information content (AvgIpc) is 3.24. The lowest BCUT2D eigenvalue weighted by atomic mass is 9.96. The SMILES string of the molecule is CCCOC[C@H](CC)Nc1nc(CC)c(-c2cc3c(cc2C=O)CCC3)nc1CC. The van der Waals surface area contributed by atoms with Crippen LogP contribution in [0.2, 0.25) is 0 Å². The number of anilines is 1. The zero-order valence-corrected chi connectivity index (χ0v) is 18.9. The molecule has 1 aliphatic rings. The van der Waals surface area contributed by atoms with E-state index in [9.17, 15) is 4.79 Å². The van der Waals surface area contributed by atoms with Crippen molar-refractivity contribution in [3.05, 3.63) is 40.2 Å². The minimum Gasteiger partial charge on any atom is -0.379 e. The van der Waals surface area contributed by atoms with Gasteiger partial charge in [0.2, 0.25) is 0 Å². The van der Waals surface area contributed by atoms with Gasteiger partial charge in [0, 0.05) is 17.7 Å². The molecule has 0 saturated heterocycles. The van der Waals surface area contributed by atoms with E-state index in [1.807, 2.05) is 0 Å². The molecule has 1 heterocycles. The highest BCUT2D eigenvalue weighted by molar-refractivity contribution is 5.88. The third kappa shape index (κ3) is 4.89. The molecule has 0 aliphatic heterocycles. The highest BCUT2D eigenvalue weighted by Gasteiger charge is 2.21. The molecule has 5 heteroatoms.